The standard InChI is InChI=1S/C8H11N5S/c9-7(10)13-8(11)12-5-2-1-3-6(14)4-5/h1-4,14H,(H6,9,10,11,12,13). The van der Waals surface area contributed by atoms with Crippen LogP contribution in [-0.4, -0.2) is 11.9 Å². The fraction of sp³-hybridized carbons (Fsp3) is 0. The zero-order chi connectivity index (χ0) is 10.6. The van der Waals surface area contributed by atoms with Gasteiger partial charge in [-0.3, -0.25) is 0 Å². The average molecular weight is 209 g/mol. The maximum Gasteiger partial charge on any atom is 0.223 e. The Morgan fingerprint density at radius 3 is 2.50 bits per heavy atom. The van der Waals surface area contributed by atoms with Crippen molar-refractivity contribution in [3.8, 4) is 0 Å². The molecule has 14 heavy (non-hydrogen) atoms. The molecule has 1 rings (SSSR count). The summed E-state index contributed by atoms with van der Waals surface area (Å²) < 4.78 is 0. The van der Waals surface area contributed by atoms with Gasteiger partial charge < -0.3 is 17.2 Å². The van der Waals surface area contributed by atoms with Crippen LogP contribution in [0.1, 0.15) is 0 Å². The molecule has 0 spiro atoms. The Morgan fingerprint density at radius 2 is 1.93 bits per heavy atom. The van der Waals surface area contributed by atoms with Crippen LogP contribution in [0.2, 0.25) is 0 Å². The summed E-state index contributed by atoms with van der Waals surface area (Å²) >= 11 is 4.15. The molecule has 0 bridgehead atoms. The normalized spacial score (nSPS) is 11.1. The molecule has 0 saturated carbocycles. The van der Waals surface area contributed by atoms with Crippen molar-refractivity contribution in [2.45, 2.75) is 4.90 Å². The van der Waals surface area contributed by atoms with Crippen molar-refractivity contribution >= 4 is 30.2 Å². The average Bonchev–Trinajstić information content (AvgIpc) is 2.01. The van der Waals surface area contributed by atoms with Crippen LogP contribution in [0.25, 0.3) is 0 Å². The van der Waals surface area contributed by atoms with Gasteiger partial charge in [0.1, 0.15) is 0 Å². The molecule has 1 aromatic carbocycles. The molecular formula is C8H11N5S. The molecular weight excluding hydrogens is 198 g/mol. The Kier molecular flexibility index (Phi) is 3.35. The van der Waals surface area contributed by atoms with Crippen molar-refractivity contribution in [1.29, 1.82) is 0 Å². The van der Waals surface area contributed by atoms with E-state index in [1.807, 2.05) is 12.1 Å². The number of nitrogens with two attached hydrogens (primary N) is 3. The highest BCUT2D eigenvalue weighted by Gasteiger charge is 1.92. The van der Waals surface area contributed by atoms with E-state index in [0.29, 0.717) is 5.69 Å². The maximum atomic E-state index is 5.43. The largest absolute Gasteiger partial charge is 0.370 e. The van der Waals surface area contributed by atoms with Crippen LogP contribution in [-0.2, 0) is 0 Å². The molecule has 0 atom stereocenters. The topological polar surface area (TPSA) is 103 Å². The third-order valence-electron chi connectivity index (χ3n) is 1.32. The second-order valence-electron chi connectivity index (χ2n) is 2.53. The van der Waals surface area contributed by atoms with Crippen molar-refractivity contribution < 1.29 is 0 Å². The SMILES string of the molecule is NC(N)=NC(N)=Nc1cccc(S)c1. The fourth-order valence-electron chi connectivity index (χ4n) is 0.852. The Labute approximate surface area is 87.1 Å². The lowest BCUT2D eigenvalue weighted by Gasteiger charge is -1.96. The highest BCUT2D eigenvalue weighted by Crippen LogP contribution is 2.16. The van der Waals surface area contributed by atoms with Crippen LogP contribution in [0.15, 0.2) is 39.1 Å². The Bertz CT molecular complexity index is 381. The summed E-state index contributed by atoms with van der Waals surface area (Å²) in [5.41, 5.74) is 16.3. The van der Waals surface area contributed by atoms with Gasteiger partial charge in [0.05, 0.1) is 5.69 Å². The molecule has 0 aliphatic heterocycles. The van der Waals surface area contributed by atoms with Gasteiger partial charge in [0.2, 0.25) is 5.96 Å². The summed E-state index contributed by atoms with van der Waals surface area (Å²) in [6, 6.07) is 7.16. The molecule has 1 aromatic rings. The number of thiol groups is 1. The first-order chi connectivity index (χ1) is 6.58. The van der Waals surface area contributed by atoms with Crippen molar-refractivity contribution in [2.24, 2.45) is 27.2 Å². The monoisotopic (exact) mass is 209 g/mol. The van der Waals surface area contributed by atoms with Gasteiger partial charge >= 0.3 is 0 Å². The first kappa shape index (κ1) is 10.4. The minimum Gasteiger partial charge on any atom is -0.370 e. The van der Waals surface area contributed by atoms with Crippen molar-refractivity contribution in [3.05, 3.63) is 24.3 Å². The van der Waals surface area contributed by atoms with Gasteiger partial charge in [-0.25, -0.2) is 4.99 Å². The smallest absolute Gasteiger partial charge is 0.223 e. The van der Waals surface area contributed by atoms with Crippen molar-refractivity contribution in [3.63, 3.8) is 0 Å². The van der Waals surface area contributed by atoms with E-state index < -0.39 is 0 Å². The lowest BCUT2D eigenvalue weighted by Crippen LogP contribution is -2.26. The summed E-state index contributed by atoms with van der Waals surface area (Å²) in [4.78, 5) is 8.33. The van der Waals surface area contributed by atoms with Crippen LogP contribution in [0.4, 0.5) is 5.69 Å². The number of rotatable bonds is 1. The maximum absolute atomic E-state index is 5.43. The van der Waals surface area contributed by atoms with Gasteiger partial charge in [0.15, 0.2) is 5.96 Å². The summed E-state index contributed by atoms with van der Waals surface area (Å²) in [5.74, 6) is -0.0998. The third-order valence-corrected chi connectivity index (χ3v) is 1.60. The van der Waals surface area contributed by atoms with Gasteiger partial charge in [-0.05, 0) is 18.2 Å². The third kappa shape index (κ3) is 3.36. The van der Waals surface area contributed by atoms with Crippen LogP contribution in [0, 0.1) is 0 Å². The molecule has 5 nitrogen and oxygen atoms in total. The zero-order valence-electron chi connectivity index (χ0n) is 7.38. The Balaban J connectivity index is 2.92. The first-order valence-corrected chi connectivity index (χ1v) is 4.25. The second-order valence-corrected chi connectivity index (χ2v) is 3.04. The van der Waals surface area contributed by atoms with Gasteiger partial charge in [0.25, 0.3) is 0 Å². The zero-order valence-corrected chi connectivity index (χ0v) is 8.28. The van der Waals surface area contributed by atoms with Gasteiger partial charge in [-0.2, -0.15) is 4.99 Å². The number of benzene rings is 1. The predicted octanol–water partition coefficient (Wildman–Crippen LogP) is 0.195. The second kappa shape index (κ2) is 4.52. The molecule has 0 saturated heterocycles. The van der Waals surface area contributed by atoms with E-state index in [0.717, 1.165) is 4.90 Å². The summed E-state index contributed by atoms with van der Waals surface area (Å²) in [5, 5.41) is 0. The molecule has 74 valence electrons. The number of hydrogen-bond donors (Lipinski definition) is 4. The molecule has 0 heterocycles. The Hall–Kier alpha value is -1.69. The fourth-order valence-corrected chi connectivity index (χ4v) is 1.07. The van der Waals surface area contributed by atoms with Gasteiger partial charge in [0, 0.05) is 4.90 Å². The molecule has 0 fully saturated rings. The number of hydrogen-bond acceptors (Lipinski definition) is 2. The molecule has 0 aromatic heterocycles. The first-order valence-electron chi connectivity index (χ1n) is 3.81. The van der Waals surface area contributed by atoms with Gasteiger partial charge in [-0.15, -0.1) is 12.6 Å². The molecule has 6 heteroatoms. The lowest BCUT2D eigenvalue weighted by molar-refractivity contribution is 1.36. The van der Waals surface area contributed by atoms with E-state index >= 15 is 0 Å². The summed E-state index contributed by atoms with van der Waals surface area (Å²) in [7, 11) is 0. The summed E-state index contributed by atoms with van der Waals surface area (Å²) in [6.45, 7) is 0. The highest BCUT2D eigenvalue weighted by atomic mass is 32.1. The summed E-state index contributed by atoms with van der Waals surface area (Å²) in [6.07, 6.45) is 0. The van der Waals surface area contributed by atoms with E-state index in [9.17, 15) is 0 Å². The minimum absolute atomic E-state index is 0.0175. The van der Waals surface area contributed by atoms with E-state index in [-0.39, 0.29) is 11.9 Å². The van der Waals surface area contributed by atoms with E-state index in [2.05, 4.69) is 22.6 Å². The van der Waals surface area contributed by atoms with Crippen LogP contribution >= 0.6 is 12.6 Å². The minimum atomic E-state index is -0.117. The number of aliphatic imine (C=N–C) groups is 2. The molecule has 0 aliphatic rings. The Morgan fingerprint density at radius 1 is 1.21 bits per heavy atom. The van der Waals surface area contributed by atoms with Crippen LogP contribution in [0.3, 0.4) is 0 Å². The lowest BCUT2D eigenvalue weighted by atomic mass is 10.3. The van der Waals surface area contributed by atoms with Gasteiger partial charge in [-0.1, -0.05) is 6.07 Å². The van der Waals surface area contributed by atoms with E-state index in [4.69, 9.17) is 17.2 Å². The van der Waals surface area contributed by atoms with Crippen LogP contribution < -0.4 is 17.2 Å². The highest BCUT2D eigenvalue weighted by molar-refractivity contribution is 7.80. The molecule has 0 unspecified atom stereocenters. The van der Waals surface area contributed by atoms with Crippen molar-refractivity contribution in [2.75, 3.05) is 0 Å². The molecule has 0 aliphatic carbocycles. The number of nitrogens with zero attached hydrogens (tertiary/aromatic N) is 2. The van der Waals surface area contributed by atoms with Crippen LogP contribution in [0.5, 0.6) is 0 Å². The molecule has 0 amide bonds. The van der Waals surface area contributed by atoms with Crippen molar-refractivity contribution in [1.82, 2.24) is 0 Å². The quantitative estimate of drug-likeness (QED) is 0.301. The predicted molar refractivity (Wildman–Crippen MR) is 60.8 cm³/mol. The van der Waals surface area contributed by atoms with E-state index in [1.54, 1.807) is 12.1 Å². The molecule has 6 N–H and O–H groups in total. The number of guanidine groups is 2. The molecule has 0 radical (unpaired) electrons. The van der Waals surface area contributed by atoms with E-state index in [1.165, 1.54) is 0 Å².